The van der Waals surface area contributed by atoms with Crippen molar-refractivity contribution in [3.8, 4) is 0 Å². The third-order valence-corrected chi connectivity index (χ3v) is 4.62. The van der Waals surface area contributed by atoms with Crippen LogP contribution in [0.5, 0.6) is 0 Å². The molecular formula is C18H20N4O4. The molecule has 1 aromatic carbocycles. The molecule has 4 N–H and O–H groups in total. The van der Waals surface area contributed by atoms with E-state index >= 15 is 0 Å². The summed E-state index contributed by atoms with van der Waals surface area (Å²) < 4.78 is 7.23. The van der Waals surface area contributed by atoms with Crippen molar-refractivity contribution in [2.45, 2.75) is 31.0 Å². The Morgan fingerprint density at radius 2 is 1.88 bits per heavy atom. The molecule has 1 aliphatic rings. The Labute approximate surface area is 149 Å². The summed E-state index contributed by atoms with van der Waals surface area (Å²) in [5, 5.41) is 37.0. The molecule has 1 fully saturated rings. The Balaban J connectivity index is 1.61. The van der Waals surface area contributed by atoms with Crippen LogP contribution in [0.3, 0.4) is 0 Å². The van der Waals surface area contributed by atoms with E-state index in [4.69, 9.17) is 4.74 Å². The molecule has 136 valence electrons. The van der Waals surface area contributed by atoms with Crippen LogP contribution >= 0.6 is 0 Å². The number of hydrogen-bond donors (Lipinski definition) is 4. The first-order valence-electron chi connectivity index (χ1n) is 8.42. The van der Waals surface area contributed by atoms with Crippen molar-refractivity contribution in [2.24, 2.45) is 0 Å². The minimum atomic E-state index is -1.15. The zero-order valence-electron chi connectivity index (χ0n) is 13.9. The third kappa shape index (κ3) is 2.93. The van der Waals surface area contributed by atoms with E-state index in [0.717, 1.165) is 11.1 Å². The van der Waals surface area contributed by atoms with E-state index in [1.807, 2.05) is 36.4 Å². The normalized spacial score (nSPS) is 25.7. The van der Waals surface area contributed by atoms with Gasteiger partial charge in [-0.2, -0.15) is 5.10 Å². The molecule has 8 nitrogen and oxygen atoms in total. The summed E-state index contributed by atoms with van der Waals surface area (Å²) in [4.78, 5) is 4.29. The second-order valence-electron chi connectivity index (χ2n) is 6.26. The van der Waals surface area contributed by atoms with Gasteiger partial charge in [-0.25, -0.2) is 9.50 Å². The van der Waals surface area contributed by atoms with Crippen LogP contribution in [0.2, 0.25) is 0 Å². The average Bonchev–Trinajstić information content (AvgIpc) is 3.23. The summed E-state index contributed by atoms with van der Waals surface area (Å²) in [6.45, 7) is 0.249. The van der Waals surface area contributed by atoms with Crippen molar-refractivity contribution >= 4 is 11.3 Å². The zero-order chi connectivity index (χ0) is 18.1. The van der Waals surface area contributed by atoms with Crippen molar-refractivity contribution in [3.63, 3.8) is 0 Å². The lowest BCUT2D eigenvalue weighted by molar-refractivity contribution is -0.0244. The van der Waals surface area contributed by atoms with Gasteiger partial charge in [-0.1, -0.05) is 30.3 Å². The summed E-state index contributed by atoms with van der Waals surface area (Å²) in [6.07, 6.45) is -2.46. The first-order valence-corrected chi connectivity index (χ1v) is 8.42. The zero-order valence-corrected chi connectivity index (χ0v) is 13.9. The van der Waals surface area contributed by atoms with Crippen molar-refractivity contribution in [3.05, 3.63) is 60.0 Å². The van der Waals surface area contributed by atoms with E-state index in [0.29, 0.717) is 18.1 Å². The predicted octanol–water partition coefficient (Wildman–Crippen LogP) is 0.495. The number of hydrogen-bond acceptors (Lipinski definition) is 7. The lowest BCUT2D eigenvalue weighted by atomic mass is 10.1. The largest absolute Gasteiger partial charge is 0.394 e. The molecule has 8 heteroatoms. The van der Waals surface area contributed by atoms with E-state index in [1.165, 1.54) is 6.33 Å². The number of nitrogens with one attached hydrogen (secondary N) is 1. The topological polar surface area (TPSA) is 112 Å². The number of fused-ring (bicyclic) bond motifs is 1. The molecule has 1 aliphatic heterocycles. The van der Waals surface area contributed by atoms with E-state index in [9.17, 15) is 15.3 Å². The maximum absolute atomic E-state index is 10.3. The Morgan fingerprint density at radius 3 is 2.62 bits per heavy atom. The fourth-order valence-electron chi connectivity index (χ4n) is 3.23. The molecule has 0 amide bonds. The fraction of sp³-hybridized carbons (Fsp3) is 0.333. The van der Waals surface area contributed by atoms with Crippen LogP contribution in [0.1, 0.15) is 17.4 Å². The van der Waals surface area contributed by atoms with Gasteiger partial charge in [-0.3, -0.25) is 0 Å². The SMILES string of the molecule is OC[C@H]1O[C@@H](c2ccc3c(NCc4ccccc4)ncnn23)[C@H](O)[C@@H]1O. The fourth-order valence-corrected chi connectivity index (χ4v) is 3.23. The highest BCUT2D eigenvalue weighted by Gasteiger charge is 2.44. The van der Waals surface area contributed by atoms with Gasteiger partial charge in [0.05, 0.1) is 12.3 Å². The van der Waals surface area contributed by atoms with Gasteiger partial charge in [0.1, 0.15) is 36.3 Å². The number of rotatable bonds is 5. The number of nitrogens with zero attached hydrogens (tertiary/aromatic N) is 3. The molecule has 2 aromatic heterocycles. The van der Waals surface area contributed by atoms with Gasteiger partial charge in [0.25, 0.3) is 0 Å². The number of aliphatic hydroxyl groups is 3. The lowest BCUT2D eigenvalue weighted by Crippen LogP contribution is -2.32. The summed E-state index contributed by atoms with van der Waals surface area (Å²) in [5.74, 6) is 0.654. The maximum atomic E-state index is 10.3. The van der Waals surface area contributed by atoms with E-state index in [2.05, 4.69) is 15.4 Å². The molecule has 3 heterocycles. The average molecular weight is 356 g/mol. The third-order valence-electron chi connectivity index (χ3n) is 4.62. The Hall–Kier alpha value is -2.52. The van der Waals surface area contributed by atoms with Gasteiger partial charge in [0, 0.05) is 6.54 Å². The highest BCUT2D eigenvalue weighted by Crippen LogP contribution is 2.34. The molecule has 0 aliphatic carbocycles. The van der Waals surface area contributed by atoms with Crippen LogP contribution in [0, 0.1) is 0 Å². The quantitative estimate of drug-likeness (QED) is 0.526. The number of anilines is 1. The Kier molecular flexibility index (Phi) is 4.56. The number of ether oxygens (including phenoxy) is 1. The van der Waals surface area contributed by atoms with Crippen LogP contribution < -0.4 is 5.32 Å². The standard InChI is InChI=1S/C18H20N4O4/c23-9-14-15(24)16(25)17(26-14)12-6-7-13-18(20-10-21-22(12)13)19-8-11-4-2-1-3-5-11/h1-7,10,14-17,23-25H,8-9H2,(H,19,20,21)/t14-,15-,16-,17+/m1/s1. The Bertz CT molecular complexity index is 885. The first-order chi connectivity index (χ1) is 12.7. The van der Waals surface area contributed by atoms with Crippen LogP contribution in [-0.2, 0) is 11.3 Å². The molecule has 4 atom stereocenters. The van der Waals surface area contributed by atoms with E-state index in [-0.39, 0.29) is 6.61 Å². The molecule has 4 rings (SSSR count). The second-order valence-corrected chi connectivity index (χ2v) is 6.26. The van der Waals surface area contributed by atoms with E-state index < -0.39 is 24.4 Å². The van der Waals surface area contributed by atoms with Crippen molar-refractivity contribution < 1.29 is 20.1 Å². The maximum Gasteiger partial charge on any atom is 0.154 e. The highest BCUT2D eigenvalue weighted by molar-refractivity contribution is 5.68. The molecule has 3 aromatic rings. The summed E-state index contributed by atoms with van der Waals surface area (Å²) in [5.41, 5.74) is 2.45. The Morgan fingerprint density at radius 1 is 1.08 bits per heavy atom. The number of aromatic nitrogens is 3. The monoisotopic (exact) mass is 356 g/mol. The summed E-state index contributed by atoms with van der Waals surface area (Å²) in [7, 11) is 0. The minimum absolute atomic E-state index is 0.364. The van der Waals surface area contributed by atoms with Crippen LogP contribution in [-0.4, -0.2) is 54.8 Å². The van der Waals surface area contributed by atoms with Gasteiger partial charge in [0.15, 0.2) is 5.82 Å². The molecule has 0 saturated carbocycles. The molecule has 0 spiro atoms. The molecule has 0 unspecified atom stereocenters. The van der Waals surface area contributed by atoms with Crippen LogP contribution in [0.25, 0.3) is 5.52 Å². The summed E-state index contributed by atoms with van der Waals surface area (Å²) in [6, 6.07) is 13.6. The van der Waals surface area contributed by atoms with E-state index in [1.54, 1.807) is 10.6 Å². The predicted molar refractivity (Wildman–Crippen MR) is 93.5 cm³/mol. The van der Waals surface area contributed by atoms with Gasteiger partial charge in [0.2, 0.25) is 0 Å². The lowest BCUT2D eigenvalue weighted by Gasteiger charge is -2.15. The molecule has 1 saturated heterocycles. The van der Waals surface area contributed by atoms with Gasteiger partial charge >= 0.3 is 0 Å². The first kappa shape index (κ1) is 16.9. The van der Waals surface area contributed by atoms with Gasteiger partial charge in [-0.05, 0) is 17.7 Å². The van der Waals surface area contributed by atoms with Gasteiger partial charge < -0.3 is 25.4 Å². The molecule has 26 heavy (non-hydrogen) atoms. The van der Waals surface area contributed by atoms with Crippen LogP contribution in [0.4, 0.5) is 5.82 Å². The number of aliphatic hydroxyl groups excluding tert-OH is 3. The van der Waals surface area contributed by atoms with Crippen molar-refractivity contribution in [2.75, 3.05) is 11.9 Å². The van der Waals surface area contributed by atoms with Crippen LogP contribution in [0.15, 0.2) is 48.8 Å². The number of benzene rings is 1. The smallest absolute Gasteiger partial charge is 0.154 e. The highest BCUT2D eigenvalue weighted by atomic mass is 16.6. The van der Waals surface area contributed by atoms with Crippen molar-refractivity contribution in [1.82, 2.24) is 14.6 Å². The second kappa shape index (κ2) is 7.00. The van der Waals surface area contributed by atoms with Crippen molar-refractivity contribution in [1.29, 1.82) is 0 Å². The minimum Gasteiger partial charge on any atom is -0.394 e. The summed E-state index contributed by atoms with van der Waals surface area (Å²) >= 11 is 0. The molecular weight excluding hydrogens is 336 g/mol. The van der Waals surface area contributed by atoms with Gasteiger partial charge in [-0.15, -0.1) is 0 Å². The molecule has 0 radical (unpaired) electrons. The molecule has 0 bridgehead atoms.